The first-order chi connectivity index (χ1) is 7.17. The Kier molecular flexibility index (Phi) is 5.05. The first-order valence-corrected chi connectivity index (χ1v) is 5.91. The normalized spacial score (nSPS) is 12.8. The van der Waals surface area contributed by atoms with Crippen molar-refractivity contribution in [1.82, 2.24) is 5.32 Å². The molecule has 1 N–H and O–H groups in total. The topological polar surface area (TPSA) is 12.0 Å². The van der Waals surface area contributed by atoms with Gasteiger partial charge in [-0.25, -0.2) is 8.78 Å². The first kappa shape index (κ1) is 12.5. The van der Waals surface area contributed by atoms with Crippen LogP contribution in [0.2, 0.25) is 0 Å². The van der Waals surface area contributed by atoms with Crippen molar-refractivity contribution in [2.45, 2.75) is 24.3 Å². The molecule has 0 saturated carbocycles. The summed E-state index contributed by atoms with van der Waals surface area (Å²) in [5.74, 6) is -0.713. The van der Waals surface area contributed by atoms with Crippen molar-refractivity contribution in [2.24, 2.45) is 0 Å². The Labute approximate surface area is 93.3 Å². The maximum Gasteiger partial charge on any atom is 0.159 e. The molecule has 0 aliphatic rings. The molecule has 84 valence electrons. The highest BCUT2D eigenvalue weighted by Gasteiger charge is 2.06. The summed E-state index contributed by atoms with van der Waals surface area (Å²) < 4.78 is 25.5. The predicted octanol–water partition coefficient (Wildman–Crippen LogP) is 3.05. The lowest BCUT2D eigenvalue weighted by atomic mass is 10.3. The van der Waals surface area contributed by atoms with Gasteiger partial charge in [0.05, 0.1) is 0 Å². The van der Waals surface area contributed by atoms with E-state index in [0.717, 1.165) is 23.1 Å². The predicted molar refractivity (Wildman–Crippen MR) is 60.2 cm³/mol. The van der Waals surface area contributed by atoms with Crippen molar-refractivity contribution >= 4 is 11.8 Å². The molecule has 0 aliphatic heterocycles. The van der Waals surface area contributed by atoms with Crippen LogP contribution in [0.1, 0.15) is 13.3 Å². The number of hydrogen-bond acceptors (Lipinski definition) is 2. The van der Waals surface area contributed by atoms with Gasteiger partial charge in [0.2, 0.25) is 0 Å². The van der Waals surface area contributed by atoms with Crippen molar-refractivity contribution < 1.29 is 8.78 Å². The molecule has 0 saturated heterocycles. The number of benzene rings is 1. The van der Waals surface area contributed by atoms with Crippen LogP contribution in [0, 0.1) is 11.6 Å². The lowest BCUT2D eigenvalue weighted by Crippen LogP contribution is -2.26. The van der Waals surface area contributed by atoms with E-state index in [1.165, 1.54) is 17.8 Å². The monoisotopic (exact) mass is 231 g/mol. The fraction of sp³-hybridized carbons (Fsp3) is 0.455. The zero-order chi connectivity index (χ0) is 11.3. The second kappa shape index (κ2) is 6.08. The summed E-state index contributed by atoms with van der Waals surface area (Å²) >= 11 is 1.53. The second-order valence-corrected chi connectivity index (χ2v) is 4.37. The van der Waals surface area contributed by atoms with Gasteiger partial charge in [-0.05, 0) is 31.7 Å². The van der Waals surface area contributed by atoms with Gasteiger partial charge in [0.15, 0.2) is 11.6 Å². The molecule has 0 aliphatic carbocycles. The Morgan fingerprint density at radius 3 is 2.60 bits per heavy atom. The van der Waals surface area contributed by atoms with E-state index < -0.39 is 11.6 Å². The van der Waals surface area contributed by atoms with E-state index in [1.54, 1.807) is 6.07 Å². The Balaban J connectivity index is 2.54. The third-order valence-electron chi connectivity index (χ3n) is 2.24. The van der Waals surface area contributed by atoms with Gasteiger partial charge in [0.1, 0.15) is 0 Å². The fourth-order valence-electron chi connectivity index (χ4n) is 1.17. The molecule has 0 amide bonds. The van der Waals surface area contributed by atoms with Gasteiger partial charge in [0.25, 0.3) is 0 Å². The minimum absolute atomic E-state index is 0.406. The highest BCUT2D eigenvalue weighted by Crippen LogP contribution is 2.21. The molecular formula is C11H15F2NS. The Morgan fingerprint density at radius 1 is 1.33 bits per heavy atom. The molecule has 1 aromatic carbocycles. The summed E-state index contributed by atoms with van der Waals surface area (Å²) in [6.45, 7) is 2.09. The highest BCUT2D eigenvalue weighted by atomic mass is 32.2. The second-order valence-electron chi connectivity index (χ2n) is 3.28. The maximum absolute atomic E-state index is 12.9. The average Bonchev–Trinajstić information content (AvgIpc) is 2.24. The smallest absolute Gasteiger partial charge is 0.159 e. The van der Waals surface area contributed by atoms with Gasteiger partial charge in [-0.1, -0.05) is 6.92 Å². The average molecular weight is 231 g/mol. The molecule has 15 heavy (non-hydrogen) atoms. The molecule has 0 aromatic heterocycles. The molecule has 0 spiro atoms. The van der Waals surface area contributed by atoms with Crippen molar-refractivity contribution in [2.75, 3.05) is 12.8 Å². The van der Waals surface area contributed by atoms with Crippen LogP contribution < -0.4 is 5.32 Å². The van der Waals surface area contributed by atoms with Crippen LogP contribution in [-0.2, 0) is 0 Å². The molecule has 0 heterocycles. The van der Waals surface area contributed by atoms with Crippen LogP contribution in [0.3, 0.4) is 0 Å². The third-order valence-corrected chi connectivity index (χ3v) is 3.40. The van der Waals surface area contributed by atoms with Gasteiger partial charge in [-0.2, -0.15) is 0 Å². The molecule has 1 rings (SSSR count). The number of rotatable bonds is 5. The SMILES string of the molecule is CCC(CSc1ccc(F)c(F)c1)NC. The van der Waals surface area contributed by atoms with Gasteiger partial charge in [-0.15, -0.1) is 11.8 Å². The number of nitrogens with one attached hydrogen (secondary N) is 1. The highest BCUT2D eigenvalue weighted by molar-refractivity contribution is 7.99. The summed E-state index contributed by atoms with van der Waals surface area (Å²) in [7, 11) is 1.90. The van der Waals surface area contributed by atoms with E-state index in [-0.39, 0.29) is 0 Å². The van der Waals surface area contributed by atoms with E-state index >= 15 is 0 Å². The van der Waals surface area contributed by atoms with Crippen LogP contribution in [0.25, 0.3) is 0 Å². The summed E-state index contributed by atoms with van der Waals surface area (Å²) in [5.41, 5.74) is 0. The van der Waals surface area contributed by atoms with Crippen molar-refractivity contribution in [3.63, 3.8) is 0 Å². The lowest BCUT2D eigenvalue weighted by molar-refractivity contribution is 0.506. The zero-order valence-electron chi connectivity index (χ0n) is 8.89. The minimum Gasteiger partial charge on any atom is -0.316 e. The Morgan fingerprint density at radius 2 is 2.07 bits per heavy atom. The van der Waals surface area contributed by atoms with E-state index in [0.29, 0.717) is 6.04 Å². The summed E-state index contributed by atoms with van der Waals surface area (Å²) in [6, 6.07) is 4.41. The van der Waals surface area contributed by atoms with Gasteiger partial charge in [-0.3, -0.25) is 0 Å². The first-order valence-electron chi connectivity index (χ1n) is 4.92. The largest absolute Gasteiger partial charge is 0.316 e. The molecule has 1 atom stereocenters. The summed E-state index contributed by atoms with van der Waals surface area (Å²) in [6.07, 6.45) is 1.02. The maximum atomic E-state index is 12.9. The summed E-state index contributed by atoms with van der Waals surface area (Å²) in [5, 5.41) is 3.16. The van der Waals surface area contributed by atoms with Crippen molar-refractivity contribution in [3.8, 4) is 0 Å². The number of thioether (sulfide) groups is 1. The van der Waals surface area contributed by atoms with Crippen LogP contribution >= 0.6 is 11.8 Å². The summed E-state index contributed by atoms with van der Waals surface area (Å²) in [4.78, 5) is 0.766. The quantitative estimate of drug-likeness (QED) is 0.782. The molecule has 0 fully saturated rings. The number of hydrogen-bond donors (Lipinski definition) is 1. The van der Waals surface area contributed by atoms with E-state index in [4.69, 9.17) is 0 Å². The molecule has 1 unspecified atom stereocenters. The minimum atomic E-state index is -0.792. The zero-order valence-corrected chi connectivity index (χ0v) is 9.70. The standard InChI is InChI=1S/C11H15F2NS/c1-3-8(14-2)7-15-9-4-5-10(12)11(13)6-9/h4-6,8,14H,3,7H2,1-2H3. The lowest BCUT2D eigenvalue weighted by Gasteiger charge is -2.12. The van der Waals surface area contributed by atoms with Gasteiger partial charge in [0, 0.05) is 16.7 Å². The molecule has 0 bridgehead atoms. The van der Waals surface area contributed by atoms with Crippen LogP contribution in [0.5, 0.6) is 0 Å². The van der Waals surface area contributed by atoms with E-state index in [9.17, 15) is 8.78 Å². The third kappa shape index (κ3) is 3.80. The molecule has 0 radical (unpaired) electrons. The Bertz CT molecular complexity index is 313. The molecule has 1 aromatic rings. The van der Waals surface area contributed by atoms with Crippen molar-refractivity contribution in [1.29, 1.82) is 0 Å². The number of halogens is 2. The van der Waals surface area contributed by atoms with E-state index in [2.05, 4.69) is 12.2 Å². The van der Waals surface area contributed by atoms with Gasteiger partial charge < -0.3 is 5.32 Å². The molecular weight excluding hydrogens is 216 g/mol. The van der Waals surface area contributed by atoms with E-state index in [1.807, 2.05) is 7.05 Å². The van der Waals surface area contributed by atoms with Crippen LogP contribution in [0.15, 0.2) is 23.1 Å². The van der Waals surface area contributed by atoms with Crippen LogP contribution in [-0.4, -0.2) is 18.8 Å². The van der Waals surface area contributed by atoms with Gasteiger partial charge >= 0.3 is 0 Å². The molecule has 1 nitrogen and oxygen atoms in total. The van der Waals surface area contributed by atoms with Crippen LogP contribution in [0.4, 0.5) is 8.78 Å². The van der Waals surface area contributed by atoms with Crippen molar-refractivity contribution in [3.05, 3.63) is 29.8 Å². The molecule has 4 heteroatoms. The fourth-order valence-corrected chi connectivity index (χ4v) is 2.32. The Hall–Kier alpha value is -0.610.